The first-order chi connectivity index (χ1) is 9.86. The molecule has 1 aromatic carbocycles. The number of unbranched alkanes of at least 4 members (excludes halogenated alkanes) is 1. The number of fused-ring (bicyclic) bond motifs is 1. The first kappa shape index (κ1) is 15.1. The zero-order valence-electron chi connectivity index (χ0n) is 12.7. The predicted molar refractivity (Wildman–Crippen MR) is 85.0 cm³/mol. The van der Waals surface area contributed by atoms with E-state index in [1.807, 2.05) is 0 Å². The van der Waals surface area contributed by atoms with E-state index in [0.29, 0.717) is 0 Å². The van der Waals surface area contributed by atoms with Crippen LogP contribution in [0.2, 0.25) is 0 Å². The molecular formula is C17H26N2O. The first-order valence-electron chi connectivity index (χ1n) is 7.72. The van der Waals surface area contributed by atoms with Crippen molar-refractivity contribution in [2.24, 2.45) is 0 Å². The molecule has 3 nitrogen and oxygen atoms in total. The summed E-state index contributed by atoms with van der Waals surface area (Å²) in [5.41, 5.74) is 2.68. The van der Waals surface area contributed by atoms with Gasteiger partial charge in [-0.25, -0.2) is 0 Å². The summed E-state index contributed by atoms with van der Waals surface area (Å²) >= 11 is 0. The van der Waals surface area contributed by atoms with Gasteiger partial charge in [0.1, 0.15) is 0 Å². The number of rotatable bonds is 9. The van der Waals surface area contributed by atoms with Crippen molar-refractivity contribution in [2.75, 3.05) is 19.8 Å². The molecule has 110 valence electrons. The van der Waals surface area contributed by atoms with Gasteiger partial charge in [0.2, 0.25) is 0 Å². The largest absolute Gasteiger partial charge is 0.380 e. The molecule has 0 aliphatic carbocycles. The summed E-state index contributed by atoms with van der Waals surface area (Å²) in [6.45, 7) is 8.86. The van der Waals surface area contributed by atoms with Crippen LogP contribution in [-0.2, 0) is 17.8 Å². The average Bonchev–Trinajstić information content (AvgIpc) is 2.89. The van der Waals surface area contributed by atoms with Crippen LogP contribution in [0.25, 0.3) is 10.9 Å². The monoisotopic (exact) mass is 274 g/mol. The maximum Gasteiger partial charge on any atom is 0.0645 e. The normalized spacial score (nSPS) is 11.3. The smallest absolute Gasteiger partial charge is 0.0645 e. The van der Waals surface area contributed by atoms with E-state index in [0.717, 1.165) is 39.3 Å². The highest BCUT2D eigenvalue weighted by atomic mass is 16.5. The van der Waals surface area contributed by atoms with Crippen LogP contribution in [0.4, 0.5) is 0 Å². The molecule has 0 aliphatic rings. The molecule has 0 unspecified atom stereocenters. The minimum Gasteiger partial charge on any atom is -0.380 e. The highest BCUT2D eigenvalue weighted by Gasteiger charge is 2.05. The number of hydrogen-bond donors (Lipinski definition) is 1. The summed E-state index contributed by atoms with van der Waals surface area (Å²) in [6.07, 6.45) is 4.52. The van der Waals surface area contributed by atoms with Crippen molar-refractivity contribution in [3.63, 3.8) is 0 Å². The molecule has 0 fully saturated rings. The van der Waals surface area contributed by atoms with Crippen LogP contribution in [0.15, 0.2) is 30.5 Å². The Morgan fingerprint density at radius 1 is 1.15 bits per heavy atom. The Balaban J connectivity index is 2.00. The van der Waals surface area contributed by atoms with Gasteiger partial charge in [-0.2, -0.15) is 0 Å². The van der Waals surface area contributed by atoms with Gasteiger partial charge in [-0.3, -0.25) is 0 Å². The Labute approximate surface area is 121 Å². The van der Waals surface area contributed by atoms with Crippen LogP contribution < -0.4 is 5.32 Å². The Morgan fingerprint density at radius 2 is 2.05 bits per heavy atom. The van der Waals surface area contributed by atoms with E-state index in [-0.39, 0.29) is 0 Å². The first-order valence-corrected chi connectivity index (χ1v) is 7.72. The Kier molecular flexibility index (Phi) is 6.09. The number of nitrogens with zero attached hydrogens (tertiary/aromatic N) is 1. The summed E-state index contributed by atoms with van der Waals surface area (Å²) < 4.78 is 7.95. The van der Waals surface area contributed by atoms with Gasteiger partial charge in [0.25, 0.3) is 0 Å². The lowest BCUT2D eigenvalue weighted by Gasteiger charge is -2.08. The number of benzene rings is 1. The van der Waals surface area contributed by atoms with E-state index >= 15 is 0 Å². The van der Waals surface area contributed by atoms with Crippen molar-refractivity contribution in [2.45, 2.75) is 39.8 Å². The van der Waals surface area contributed by atoms with Crippen LogP contribution >= 0.6 is 0 Å². The molecule has 0 radical (unpaired) electrons. The molecule has 2 aromatic rings. The van der Waals surface area contributed by atoms with Gasteiger partial charge in [-0.15, -0.1) is 0 Å². The second kappa shape index (κ2) is 8.08. The summed E-state index contributed by atoms with van der Waals surface area (Å²) in [5.74, 6) is 0. The standard InChI is InChI=1S/C17H26N2O/c1-3-5-12-20-13-11-19-10-9-16-15(14-18-4-2)7-6-8-17(16)19/h6-10,18H,3-5,11-14H2,1-2H3. The van der Waals surface area contributed by atoms with E-state index in [9.17, 15) is 0 Å². The molecular weight excluding hydrogens is 248 g/mol. The minimum absolute atomic E-state index is 0.793. The van der Waals surface area contributed by atoms with Crippen molar-refractivity contribution in [1.82, 2.24) is 9.88 Å². The summed E-state index contributed by atoms with van der Waals surface area (Å²) in [6, 6.07) is 8.75. The second-order valence-corrected chi connectivity index (χ2v) is 5.11. The molecule has 0 saturated carbocycles. The predicted octanol–water partition coefficient (Wildman–Crippen LogP) is 3.57. The van der Waals surface area contributed by atoms with Gasteiger partial charge < -0.3 is 14.6 Å². The molecule has 0 bridgehead atoms. The molecule has 0 atom stereocenters. The fraction of sp³-hybridized carbons (Fsp3) is 0.529. The van der Waals surface area contributed by atoms with Gasteiger partial charge >= 0.3 is 0 Å². The molecule has 0 saturated heterocycles. The summed E-state index contributed by atoms with van der Waals surface area (Å²) in [7, 11) is 0. The van der Waals surface area contributed by atoms with Gasteiger partial charge in [0, 0.05) is 36.8 Å². The number of nitrogens with one attached hydrogen (secondary N) is 1. The van der Waals surface area contributed by atoms with Crippen LogP contribution in [0.5, 0.6) is 0 Å². The van der Waals surface area contributed by atoms with Crippen molar-refractivity contribution in [3.05, 3.63) is 36.0 Å². The quantitative estimate of drug-likeness (QED) is 0.708. The summed E-state index contributed by atoms with van der Waals surface area (Å²) in [4.78, 5) is 0. The Hall–Kier alpha value is -1.32. The maximum atomic E-state index is 5.66. The van der Waals surface area contributed by atoms with Crippen LogP contribution in [0.1, 0.15) is 32.3 Å². The number of aromatic nitrogens is 1. The van der Waals surface area contributed by atoms with Crippen molar-refractivity contribution in [3.8, 4) is 0 Å². The number of hydrogen-bond acceptors (Lipinski definition) is 2. The zero-order valence-corrected chi connectivity index (χ0v) is 12.7. The zero-order chi connectivity index (χ0) is 14.2. The van der Waals surface area contributed by atoms with E-state index in [2.05, 4.69) is 54.2 Å². The minimum atomic E-state index is 0.793. The molecule has 2 rings (SSSR count). The molecule has 0 aliphatic heterocycles. The highest BCUT2D eigenvalue weighted by molar-refractivity contribution is 5.83. The maximum absolute atomic E-state index is 5.66. The molecule has 1 aromatic heterocycles. The van der Waals surface area contributed by atoms with E-state index in [4.69, 9.17) is 4.74 Å². The van der Waals surface area contributed by atoms with E-state index in [1.165, 1.54) is 22.9 Å². The lowest BCUT2D eigenvalue weighted by molar-refractivity contribution is 0.124. The lowest BCUT2D eigenvalue weighted by atomic mass is 10.1. The molecule has 1 N–H and O–H groups in total. The molecule has 1 heterocycles. The third-order valence-electron chi connectivity index (χ3n) is 3.59. The SMILES string of the molecule is CCCCOCCn1ccc2c(CNCC)cccc21. The summed E-state index contributed by atoms with van der Waals surface area (Å²) in [5, 5.41) is 4.75. The molecule has 3 heteroatoms. The van der Waals surface area contributed by atoms with Gasteiger partial charge in [0.15, 0.2) is 0 Å². The van der Waals surface area contributed by atoms with Gasteiger partial charge in [0.05, 0.1) is 6.61 Å². The van der Waals surface area contributed by atoms with Gasteiger partial charge in [-0.1, -0.05) is 32.4 Å². The average molecular weight is 274 g/mol. The molecule has 20 heavy (non-hydrogen) atoms. The van der Waals surface area contributed by atoms with Crippen molar-refractivity contribution in [1.29, 1.82) is 0 Å². The van der Waals surface area contributed by atoms with Crippen molar-refractivity contribution < 1.29 is 4.74 Å². The third-order valence-corrected chi connectivity index (χ3v) is 3.59. The molecule has 0 amide bonds. The molecule has 0 spiro atoms. The lowest BCUT2D eigenvalue weighted by Crippen LogP contribution is -2.11. The van der Waals surface area contributed by atoms with E-state index in [1.54, 1.807) is 0 Å². The fourth-order valence-corrected chi connectivity index (χ4v) is 2.41. The highest BCUT2D eigenvalue weighted by Crippen LogP contribution is 2.20. The van der Waals surface area contributed by atoms with E-state index < -0.39 is 0 Å². The topological polar surface area (TPSA) is 26.2 Å². The van der Waals surface area contributed by atoms with Gasteiger partial charge in [-0.05, 0) is 30.7 Å². The van der Waals surface area contributed by atoms with Crippen LogP contribution in [-0.4, -0.2) is 24.3 Å². The van der Waals surface area contributed by atoms with Crippen molar-refractivity contribution >= 4 is 10.9 Å². The Morgan fingerprint density at radius 3 is 2.85 bits per heavy atom. The number of ether oxygens (including phenoxy) is 1. The second-order valence-electron chi connectivity index (χ2n) is 5.11. The fourth-order valence-electron chi connectivity index (χ4n) is 2.41. The third kappa shape index (κ3) is 3.84. The Bertz CT molecular complexity index is 519. The van der Waals surface area contributed by atoms with Crippen LogP contribution in [0, 0.1) is 0 Å². The van der Waals surface area contributed by atoms with Crippen LogP contribution in [0.3, 0.4) is 0 Å².